The summed E-state index contributed by atoms with van der Waals surface area (Å²) < 4.78 is 0. The van der Waals surface area contributed by atoms with Gasteiger partial charge in [0.15, 0.2) is 0 Å². The van der Waals surface area contributed by atoms with Gasteiger partial charge in [-0.25, -0.2) is 9.97 Å². The van der Waals surface area contributed by atoms with Gasteiger partial charge in [0.2, 0.25) is 0 Å². The monoisotopic (exact) mass is 273 g/mol. The Kier molecular flexibility index (Phi) is 3.19. The van der Waals surface area contributed by atoms with Crippen LogP contribution in [0.1, 0.15) is 6.42 Å². The SMILES string of the molecule is CN(c1ncnc2ccc([N+](=O)[O-])cc12)C1CCNC1. The highest BCUT2D eigenvalue weighted by molar-refractivity contribution is 5.91. The first-order chi connectivity index (χ1) is 9.66. The summed E-state index contributed by atoms with van der Waals surface area (Å²) in [5, 5.41) is 14.9. The molecule has 2 heterocycles. The van der Waals surface area contributed by atoms with E-state index in [0.717, 1.165) is 36.2 Å². The van der Waals surface area contributed by atoms with Crippen LogP contribution in [0.5, 0.6) is 0 Å². The van der Waals surface area contributed by atoms with Crippen molar-refractivity contribution in [1.82, 2.24) is 15.3 Å². The van der Waals surface area contributed by atoms with Crippen LogP contribution >= 0.6 is 0 Å². The fourth-order valence-corrected chi connectivity index (χ4v) is 2.57. The summed E-state index contributed by atoms with van der Waals surface area (Å²) in [6.45, 7) is 1.88. The first kappa shape index (κ1) is 12.7. The molecule has 1 saturated heterocycles. The Balaban J connectivity index is 2.09. The molecule has 0 saturated carbocycles. The number of anilines is 1. The lowest BCUT2D eigenvalue weighted by atomic mass is 10.1. The van der Waals surface area contributed by atoms with Crippen molar-refractivity contribution < 1.29 is 4.92 Å². The van der Waals surface area contributed by atoms with Gasteiger partial charge in [-0.1, -0.05) is 0 Å². The summed E-state index contributed by atoms with van der Waals surface area (Å²) in [5.41, 5.74) is 0.782. The Morgan fingerprint density at radius 2 is 2.30 bits per heavy atom. The second kappa shape index (κ2) is 5.01. The zero-order valence-corrected chi connectivity index (χ0v) is 11.1. The van der Waals surface area contributed by atoms with E-state index in [-0.39, 0.29) is 5.69 Å². The second-order valence-corrected chi connectivity index (χ2v) is 4.91. The molecule has 1 atom stereocenters. The number of nitrogens with one attached hydrogen (secondary N) is 1. The maximum absolute atomic E-state index is 10.9. The molecule has 1 fully saturated rings. The first-order valence-electron chi connectivity index (χ1n) is 6.49. The van der Waals surface area contributed by atoms with E-state index in [9.17, 15) is 10.1 Å². The molecule has 1 aromatic carbocycles. The van der Waals surface area contributed by atoms with E-state index in [1.54, 1.807) is 12.1 Å². The minimum atomic E-state index is -0.395. The van der Waals surface area contributed by atoms with Gasteiger partial charge in [-0.2, -0.15) is 0 Å². The van der Waals surface area contributed by atoms with Crippen LogP contribution < -0.4 is 10.2 Å². The Labute approximate surface area is 115 Å². The molecule has 0 aliphatic carbocycles. The second-order valence-electron chi connectivity index (χ2n) is 4.91. The molecule has 0 amide bonds. The van der Waals surface area contributed by atoms with Crippen molar-refractivity contribution in [2.45, 2.75) is 12.5 Å². The van der Waals surface area contributed by atoms with Gasteiger partial charge >= 0.3 is 0 Å². The molecule has 0 bridgehead atoms. The van der Waals surface area contributed by atoms with E-state index < -0.39 is 4.92 Å². The Morgan fingerprint density at radius 3 is 3.00 bits per heavy atom. The highest BCUT2D eigenvalue weighted by Crippen LogP contribution is 2.28. The van der Waals surface area contributed by atoms with E-state index in [1.807, 2.05) is 7.05 Å². The summed E-state index contributed by atoms with van der Waals surface area (Å²) in [5.74, 6) is 0.743. The lowest BCUT2D eigenvalue weighted by Gasteiger charge is -2.25. The molecular formula is C13H15N5O2. The first-order valence-corrected chi connectivity index (χ1v) is 6.49. The smallest absolute Gasteiger partial charge is 0.270 e. The molecule has 1 unspecified atom stereocenters. The lowest BCUT2D eigenvalue weighted by molar-refractivity contribution is -0.384. The number of rotatable bonds is 3. The van der Waals surface area contributed by atoms with Crippen LogP contribution in [-0.2, 0) is 0 Å². The number of nitro benzene ring substituents is 1. The van der Waals surface area contributed by atoms with Gasteiger partial charge in [0.05, 0.1) is 10.4 Å². The van der Waals surface area contributed by atoms with Crippen molar-refractivity contribution in [3.63, 3.8) is 0 Å². The van der Waals surface area contributed by atoms with E-state index in [4.69, 9.17) is 0 Å². The van der Waals surface area contributed by atoms with Crippen LogP contribution in [0.15, 0.2) is 24.5 Å². The number of non-ortho nitro benzene ring substituents is 1. The molecule has 1 aliphatic rings. The highest BCUT2D eigenvalue weighted by Gasteiger charge is 2.22. The molecular weight excluding hydrogens is 258 g/mol. The minimum absolute atomic E-state index is 0.0616. The zero-order chi connectivity index (χ0) is 14.1. The molecule has 20 heavy (non-hydrogen) atoms. The van der Waals surface area contributed by atoms with E-state index in [0.29, 0.717) is 6.04 Å². The van der Waals surface area contributed by atoms with Crippen LogP contribution in [0.3, 0.4) is 0 Å². The summed E-state index contributed by atoms with van der Waals surface area (Å²) in [6.07, 6.45) is 2.54. The van der Waals surface area contributed by atoms with Crippen molar-refractivity contribution in [2.75, 3.05) is 25.0 Å². The number of fused-ring (bicyclic) bond motifs is 1. The van der Waals surface area contributed by atoms with Crippen LogP contribution in [-0.4, -0.2) is 41.1 Å². The van der Waals surface area contributed by atoms with Crippen molar-refractivity contribution >= 4 is 22.4 Å². The number of hydrogen-bond donors (Lipinski definition) is 1. The fourth-order valence-electron chi connectivity index (χ4n) is 2.57. The van der Waals surface area contributed by atoms with Gasteiger partial charge in [0.25, 0.3) is 5.69 Å². The molecule has 1 aromatic heterocycles. The maximum atomic E-state index is 10.9. The van der Waals surface area contributed by atoms with Gasteiger partial charge in [0.1, 0.15) is 12.1 Å². The molecule has 2 aromatic rings. The maximum Gasteiger partial charge on any atom is 0.270 e. The quantitative estimate of drug-likeness (QED) is 0.671. The summed E-state index contributed by atoms with van der Waals surface area (Å²) in [6, 6.07) is 5.03. The largest absolute Gasteiger partial charge is 0.355 e. The predicted octanol–water partition coefficient (Wildman–Crippen LogP) is 1.34. The molecule has 1 N–H and O–H groups in total. The molecule has 0 spiro atoms. The van der Waals surface area contributed by atoms with E-state index in [2.05, 4.69) is 20.2 Å². The normalized spacial score (nSPS) is 18.4. The van der Waals surface area contributed by atoms with Gasteiger partial charge in [0, 0.05) is 37.2 Å². The van der Waals surface area contributed by atoms with Crippen LogP contribution in [0, 0.1) is 10.1 Å². The molecule has 0 radical (unpaired) electrons. The van der Waals surface area contributed by atoms with Crippen molar-refractivity contribution in [1.29, 1.82) is 0 Å². The molecule has 7 heteroatoms. The van der Waals surface area contributed by atoms with E-state index >= 15 is 0 Å². The van der Waals surface area contributed by atoms with Crippen LogP contribution in [0.4, 0.5) is 11.5 Å². The molecule has 3 rings (SSSR count). The molecule has 7 nitrogen and oxygen atoms in total. The number of benzene rings is 1. The Hall–Kier alpha value is -2.28. The average Bonchev–Trinajstić information content (AvgIpc) is 2.99. The number of likely N-dealkylation sites (N-methyl/N-ethyl adjacent to an activating group) is 1. The highest BCUT2D eigenvalue weighted by atomic mass is 16.6. The number of hydrogen-bond acceptors (Lipinski definition) is 6. The molecule has 104 valence electrons. The van der Waals surface area contributed by atoms with Gasteiger partial charge in [-0.15, -0.1) is 0 Å². The standard InChI is InChI=1S/C13H15N5O2/c1-17(10-4-5-14-7-10)13-11-6-9(18(19)20)2-3-12(11)15-8-16-13/h2-3,6,8,10,14H,4-5,7H2,1H3. The summed E-state index contributed by atoms with van der Waals surface area (Å²) in [4.78, 5) is 21.1. The number of nitrogens with zero attached hydrogens (tertiary/aromatic N) is 4. The third-order valence-electron chi connectivity index (χ3n) is 3.72. The lowest BCUT2D eigenvalue weighted by Crippen LogP contribution is -2.34. The zero-order valence-electron chi connectivity index (χ0n) is 11.1. The third kappa shape index (κ3) is 2.16. The average molecular weight is 273 g/mol. The van der Waals surface area contributed by atoms with Crippen molar-refractivity contribution in [3.05, 3.63) is 34.6 Å². The summed E-state index contributed by atoms with van der Waals surface area (Å²) >= 11 is 0. The topological polar surface area (TPSA) is 84.2 Å². The third-order valence-corrected chi connectivity index (χ3v) is 3.72. The molecule has 1 aliphatic heterocycles. The Bertz CT molecular complexity index is 654. The number of nitro groups is 1. The van der Waals surface area contributed by atoms with Gasteiger partial charge in [-0.3, -0.25) is 10.1 Å². The minimum Gasteiger partial charge on any atom is -0.355 e. The predicted molar refractivity (Wildman–Crippen MR) is 75.9 cm³/mol. The fraction of sp³-hybridized carbons (Fsp3) is 0.385. The van der Waals surface area contributed by atoms with E-state index in [1.165, 1.54) is 12.4 Å². The van der Waals surface area contributed by atoms with Crippen LogP contribution in [0.2, 0.25) is 0 Å². The number of aromatic nitrogens is 2. The van der Waals surface area contributed by atoms with Gasteiger partial charge in [-0.05, 0) is 19.0 Å². The van der Waals surface area contributed by atoms with Crippen molar-refractivity contribution in [2.24, 2.45) is 0 Å². The summed E-state index contributed by atoms with van der Waals surface area (Å²) in [7, 11) is 1.97. The Morgan fingerprint density at radius 1 is 1.45 bits per heavy atom. The van der Waals surface area contributed by atoms with Crippen LogP contribution in [0.25, 0.3) is 10.9 Å². The van der Waals surface area contributed by atoms with Crippen molar-refractivity contribution in [3.8, 4) is 0 Å². The van der Waals surface area contributed by atoms with Gasteiger partial charge < -0.3 is 10.2 Å².